The number of carboxylic acids is 1. The minimum atomic E-state index is -0.741. The van der Waals surface area contributed by atoms with Crippen LogP contribution in [0.5, 0.6) is 5.88 Å². The second kappa shape index (κ2) is 3.98. The highest BCUT2D eigenvalue weighted by Crippen LogP contribution is 2.50. The van der Waals surface area contributed by atoms with Gasteiger partial charge in [-0.3, -0.25) is 4.79 Å². The molecule has 3 rings (SSSR count). The summed E-state index contributed by atoms with van der Waals surface area (Å²) in [6.45, 7) is 0. The van der Waals surface area contributed by atoms with Crippen LogP contribution in [0, 0.1) is 5.92 Å². The van der Waals surface area contributed by atoms with Crippen LogP contribution in [-0.2, 0) is 4.79 Å². The Balaban J connectivity index is 2.08. The van der Waals surface area contributed by atoms with Gasteiger partial charge in [0.05, 0.1) is 18.5 Å². The number of hydrogen-bond acceptors (Lipinski definition) is 3. The molecule has 1 N–H and O–H groups in total. The highest BCUT2D eigenvalue weighted by molar-refractivity contribution is 5.82. The van der Waals surface area contributed by atoms with Crippen LogP contribution in [0.15, 0.2) is 30.3 Å². The molecule has 0 unspecified atom stereocenters. The van der Waals surface area contributed by atoms with Gasteiger partial charge in [0.25, 0.3) is 0 Å². The van der Waals surface area contributed by atoms with Gasteiger partial charge in [0.1, 0.15) is 0 Å². The van der Waals surface area contributed by atoms with Gasteiger partial charge in [-0.05, 0) is 18.6 Å². The van der Waals surface area contributed by atoms with Crippen LogP contribution in [0.25, 0.3) is 10.9 Å². The molecule has 92 valence electrons. The summed E-state index contributed by atoms with van der Waals surface area (Å²) in [7, 11) is 1.57. The van der Waals surface area contributed by atoms with E-state index in [1.54, 1.807) is 7.11 Å². The summed E-state index contributed by atoms with van der Waals surface area (Å²) in [5.41, 5.74) is 1.77. The van der Waals surface area contributed by atoms with Crippen LogP contribution in [0.4, 0.5) is 0 Å². The number of carbonyl (C=O) groups is 1. The average Bonchev–Trinajstić information content (AvgIpc) is 3.17. The number of fused-ring (bicyclic) bond motifs is 1. The molecule has 1 fully saturated rings. The van der Waals surface area contributed by atoms with E-state index in [9.17, 15) is 4.79 Å². The van der Waals surface area contributed by atoms with E-state index in [2.05, 4.69) is 4.98 Å². The summed E-state index contributed by atoms with van der Waals surface area (Å²) in [6.07, 6.45) is 0.672. The highest BCUT2D eigenvalue weighted by atomic mass is 16.5. The standard InChI is InChI=1S/C14H13NO3/c1-18-13-10(9-7-11(9)14(16)17)6-8-4-2-3-5-12(8)15-13/h2-6,9,11H,7H2,1H3,(H,16,17)/t9-,11+/m0/s1. The lowest BCUT2D eigenvalue weighted by atomic mass is 10.1. The molecular weight excluding hydrogens is 230 g/mol. The molecule has 2 atom stereocenters. The van der Waals surface area contributed by atoms with Gasteiger partial charge in [-0.15, -0.1) is 0 Å². The molecule has 1 aliphatic carbocycles. The first-order valence-corrected chi connectivity index (χ1v) is 5.87. The molecule has 1 aliphatic rings. The Morgan fingerprint density at radius 2 is 2.22 bits per heavy atom. The minimum absolute atomic E-state index is 0.0366. The van der Waals surface area contributed by atoms with E-state index in [-0.39, 0.29) is 11.8 Å². The molecule has 4 heteroatoms. The van der Waals surface area contributed by atoms with Gasteiger partial charge in [0.2, 0.25) is 5.88 Å². The van der Waals surface area contributed by atoms with Gasteiger partial charge < -0.3 is 9.84 Å². The fourth-order valence-electron chi connectivity index (χ4n) is 2.36. The number of carboxylic acid groups (broad SMARTS) is 1. The maximum Gasteiger partial charge on any atom is 0.307 e. The summed E-state index contributed by atoms with van der Waals surface area (Å²) in [5, 5.41) is 10.0. The first-order chi connectivity index (χ1) is 8.70. The molecule has 0 amide bonds. The molecule has 4 nitrogen and oxygen atoms in total. The van der Waals surface area contributed by atoms with Crippen molar-refractivity contribution in [1.82, 2.24) is 4.98 Å². The van der Waals surface area contributed by atoms with Crippen LogP contribution in [-0.4, -0.2) is 23.2 Å². The summed E-state index contributed by atoms with van der Waals surface area (Å²) >= 11 is 0. The van der Waals surface area contributed by atoms with Crippen molar-refractivity contribution in [1.29, 1.82) is 0 Å². The Labute approximate surface area is 104 Å². The third kappa shape index (κ3) is 1.70. The average molecular weight is 243 g/mol. The van der Waals surface area contributed by atoms with Crippen molar-refractivity contribution in [3.8, 4) is 5.88 Å². The smallest absolute Gasteiger partial charge is 0.307 e. The maximum atomic E-state index is 10.9. The molecule has 2 aromatic rings. The summed E-state index contributed by atoms with van der Waals surface area (Å²) in [5.74, 6) is -0.450. The lowest BCUT2D eigenvalue weighted by molar-refractivity contribution is -0.138. The minimum Gasteiger partial charge on any atom is -0.481 e. The van der Waals surface area contributed by atoms with E-state index in [1.807, 2.05) is 30.3 Å². The fourth-order valence-corrected chi connectivity index (χ4v) is 2.36. The van der Waals surface area contributed by atoms with Crippen molar-refractivity contribution < 1.29 is 14.6 Å². The summed E-state index contributed by atoms with van der Waals surface area (Å²) < 4.78 is 5.28. The van der Waals surface area contributed by atoms with E-state index >= 15 is 0 Å². The Kier molecular flexibility index (Phi) is 2.44. The second-order valence-electron chi connectivity index (χ2n) is 4.57. The SMILES string of the molecule is COc1nc2ccccc2cc1[C@@H]1C[C@H]1C(=O)O. The number of aromatic nitrogens is 1. The topological polar surface area (TPSA) is 59.4 Å². The van der Waals surface area contributed by atoms with Gasteiger partial charge in [0, 0.05) is 16.9 Å². The molecule has 0 radical (unpaired) electrons. The zero-order valence-electron chi connectivity index (χ0n) is 9.96. The van der Waals surface area contributed by atoms with Crippen molar-refractivity contribution in [3.05, 3.63) is 35.9 Å². The third-order valence-electron chi connectivity index (χ3n) is 3.42. The molecule has 0 aliphatic heterocycles. The molecular formula is C14H13NO3. The molecule has 1 aromatic carbocycles. The lowest BCUT2D eigenvalue weighted by Crippen LogP contribution is -2.01. The monoisotopic (exact) mass is 243 g/mol. The van der Waals surface area contributed by atoms with Gasteiger partial charge in [-0.1, -0.05) is 18.2 Å². The van der Waals surface area contributed by atoms with Crippen LogP contribution >= 0.6 is 0 Å². The largest absolute Gasteiger partial charge is 0.481 e. The number of hydrogen-bond donors (Lipinski definition) is 1. The maximum absolute atomic E-state index is 10.9. The number of rotatable bonds is 3. The predicted octanol–water partition coefficient (Wildman–Crippen LogP) is 2.43. The number of pyridine rings is 1. The molecule has 1 saturated carbocycles. The highest BCUT2D eigenvalue weighted by Gasteiger charge is 2.46. The molecule has 0 bridgehead atoms. The first kappa shape index (κ1) is 11.0. The predicted molar refractivity (Wildman–Crippen MR) is 66.8 cm³/mol. The van der Waals surface area contributed by atoms with Crippen LogP contribution in [0.2, 0.25) is 0 Å². The number of benzene rings is 1. The molecule has 0 saturated heterocycles. The van der Waals surface area contributed by atoms with Gasteiger partial charge in [0.15, 0.2) is 0 Å². The van der Waals surface area contributed by atoms with Crippen LogP contribution < -0.4 is 4.74 Å². The molecule has 1 aromatic heterocycles. The zero-order chi connectivity index (χ0) is 12.7. The Hall–Kier alpha value is -2.10. The quantitative estimate of drug-likeness (QED) is 0.899. The van der Waals surface area contributed by atoms with Gasteiger partial charge >= 0.3 is 5.97 Å². The van der Waals surface area contributed by atoms with Crippen LogP contribution in [0.3, 0.4) is 0 Å². The number of nitrogens with zero attached hydrogens (tertiary/aromatic N) is 1. The van der Waals surface area contributed by atoms with E-state index in [0.717, 1.165) is 16.5 Å². The van der Waals surface area contributed by atoms with Crippen molar-refractivity contribution in [2.75, 3.05) is 7.11 Å². The number of methoxy groups -OCH3 is 1. The van der Waals surface area contributed by atoms with Gasteiger partial charge in [-0.25, -0.2) is 4.98 Å². The van der Waals surface area contributed by atoms with E-state index < -0.39 is 5.97 Å². The van der Waals surface area contributed by atoms with Crippen molar-refractivity contribution in [2.24, 2.45) is 5.92 Å². The van der Waals surface area contributed by atoms with Crippen molar-refractivity contribution >= 4 is 16.9 Å². The Bertz CT molecular complexity index is 623. The fraction of sp³-hybridized carbons (Fsp3) is 0.286. The Morgan fingerprint density at radius 1 is 1.44 bits per heavy atom. The number of ether oxygens (including phenoxy) is 1. The molecule has 0 spiro atoms. The van der Waals surface area contributed by atoms with E-state index in [1.165, 1.54) is 0 Å². The lowest BCUT2D eigenvalue weighted by Gasteiger charge is -2.08. The normalized spacial score (nSPS) is 21.8. The second-order valence-corrected chi connectivity index (χ2v) is 4.57. The zero-order valence-corrected chi connectivity index (χ0v) is 9.96. The molecule has 1 heterocycles. The molecule has 18 heavy (non-hydrogen) atoms. The number of para-hydroxylation sites is 1. The van der Waals surface area contributed by atoms with Gasteiger partial charge in [-0.2, -0.15) is 0 Å². The summed E-state index contributed by atoms with van der Waals surface area (Å²) in [6, 6.07) is 9.76. The third-order valence-corrected chi connectivity index (χ3v) is 3.42. The Morgan fingerprint density at radius 3 is 2.89 bits per heavy atom. The van der Waals surface area contributed by atoms with Crippen molar-refractivity contribution in [2.45, 2.75) is 12.3 Å². The van der Waals surface area contributed by atoms with E-state index in [0.29, 0.717) is 12.3 Å². The van der Waals surface area contributed by atoms with Crippen molar-refractivity contribution in [3.63, 3.8) is 0 Å². The summed E-state index contributed by atoms with van der Waals surface area (Å²) in [4.78, 5) is 15.4. The van der Waals surface area contributed by atoms with E-state index in [4.69, 9.17) is 9.84 Å². The number of aliphatic carboxylic acids is 1. The van der Waals surface area contributed by atoms with Crippen LogP contribution in [0.1, 0.15) is 17.9 Å². The first-order valence-electron chi connectivity index (χ1n) is 5.87.